The highest BCUT2D eigenvalue weighted by Gasteiger charge is 2.33. The van der Waals surface area contributed by atoms with E-state index in [-0.39, 0.29) is 0 Å². The third-order valence-electron chi connectivity index (χ3n) is 2.93. The van der Waals surface area contributed by atoms with E-state index in [9.17, 15) is 9.90 Å². The first-order valence-corrected chi connectivity index (χ1v) is 5.25. The Labute approximate surface area is 91.7 Å². The minimum Gasteiger partial charge on any atom is -0.478 e. The van der Waals surface area contributed by atoms with Crippen LogP contribution in [0.25, 0.3) is 5.52 Å². The van der Waals surface area contributed by atoms with Crippen LogP contribution < -0.4 is 0 Å². The van der Waals surface area contributed by atoms with E-state index in [0.29, 0.717) is 28.4 Å². The summed E-state index contributed by atoms with van der Waals surface area (Å²) in [4.78, 5) is 15.4. The molecule has 0 atom stereocenters. The number of rotatable bonds is 2. The fourth-order valence-electron chi connectivity index (χ4n) is 2.03. The summed E-state index contributed by atoms with van der Waals surface area (Å²) >= 11 is 0. The number of aromatic nitrogens is 3. The monoisotopic (exact) mass is 217 g/mol. The fraction of sp³-hybridized carbons (Fsp3) is 0.364. The smallest absolute Gasteiger partial charge is 0.339 e. The summed E-state index contributed by atoms with van der Waals surface area (Å²) in [6.45, 7) is 1.81. The first kappa shape index (κ1) is 9.33. The first-order chi connectivity index (χ1) is 7.68. The standard InChI is InChI=1S/C11H11N3O2/c1-6-10-8(11(15)16)9(7-2-3-7)13-14(10)5-4-12-6/h4-5,7H,2-3H2,1H3,(H,15,16). The number of hydrogen-bond donors (Lipinski definition) is 1. The second-order valence-corrected chi connectivity index (χ2v) is 4.15. The fourth-order valence-corrected chi connectivity index (χ4v) is 2.03. The number of nitrogens with zero attached hydrogens (tertiary/aromatic N) is 3. The normalized spacial score (nSPS) is 15.6. The minimum absolute atomic E-state index is 0.324. The van der Waals surface area contributed by atoms with Crippen molar-refractivity contribution in [2.75, 3.05) is 0 Å². The largest absolute Gasteiger partial charge is 0.478 e. The second kappa shape index (κ2) is 3.04. The number of carboxylic acids is 1. The Kier molecular flexibility index (Phi) is 1.77. The van der Waals surface area contributed by atoms with Gasteiger partial charge in [0.1, 0.15) is 11.1 Å². The van der Waals surface area contributed by atoms with E-state index in [1.54, 1.807) is 23.8 Å². The number of hydrogen-bond acceptors (Lipinski definition) is 3. The molecule has 0 amide bonds. The van der Waals surface area contributed by atoms with Gasteiger partial charge in [-0.15, -0.1) is 0 Å². The lowest BCUT2D eigenvalue weighted by Crippen LogP contribution is -2.01. The van der Waals surface area contributed by atoms with Gasteiger partial charge in [-0.05, 0) is 19.8 Å². The average Bonchev–Trinajstić information content (AvgIpc) is 2.99. The lowest BCUT2D eigenvalue weighted by atomic mass is 10.1. The van der Waals surface area contributed by atoms with Gasteiger partial charge in [-0.3, -0.25) is 4.98 Å². The highest BCUT2D eigenvalue weighted by Crippen LogP contribution is 2.41. The molecule has 0 radical (unpaired) electrons. The molecule has 0 aliphatic heterocycles. The van der Waals surface area contributed by atoms with Crippen molar-refractivity contribution in [1.82, 2.24) is 14.6 Å². The van der Waals surface area contributed by atoms with Crippen LogP contribution in [0, 0.1) is 6.92 Å². The molecule has 0 aromatic carbocycles. The number of aryl methyl sites for hydroxylation is 1. The number of fused-ring (bicyclic) bond motifs is 1. The molecule has 5 heteroatoms. The molecular weight excluding hydrogens is 206 g/mol. The summed E-state index contributed by atoms with van der Waals surface area (Å²) in [5.74, 6) is -0.585. The van der Waals surface area contributed by atoms with Gasteiger partial charge >= 0.3 is 5.97 Å². The lowest BCUT2D eigenvalue weighted by molar-refractivity contribution is 0.0697. The van der Waals surface area contributed by atoms with Gasteiger partial charge in [0.15, 0.2) is 0 Å². The zero-order valence-electron chi connectivity index (χ0n) is 8.84. The molecule has 1 N–H and O–H groups in total. The summed E-state index contributed by atoms with van der Waals surface area (Å²) in [5, 5.41) is 13.6. The van der Waals surface area contributed by atoms with E-state index in [2.05, 4.69) is 10.1 Å². The molecule has 2 heterocycles. The van der Waals surface area contributed by atoms with Crippen LogP contribution in [0.4, 0.5) is 0 Å². The topological polar surface area (TPSA) is 67.5 Å². The highest BCUT2D eigenvalue weighted by molar-refractivity contribution is 5.98. The molecule has 2 aromatic heterocycles. The van der Waals surface area contributed by atoms with Gasteiger partial charge in [-0.1, -0.05) is 0 Å². The number of aromatic carboxylic acids is 1. The molecule has 0 bridgehead atoms. The van der Waals surface area contributed by atoms with Gasteiger partial charge in [0.25, 0.3) is 0 Å². The molecule has 16 heavy (non-hydrogen) atoms. The Morgan fingerprint density at radius 1 is 1.56 bits per heavy atom. The van der Waals surface area contributed by atoms with E-state index in [1.165, 1.54) is 0 Å². The van der Waals surface area contributed by atoms with Crippen LogP contribution in [0.5, 0.6) is 0 Å². The molecule has 0 unspecified atom stereocenters. The summed E-state index contributed by atoms with van der Waals surface area (Å²) in [7, 11) is 0. The lowest BCUT2D eigenvalue weighted by Gasteiger charge is -1.97. The predicted octanol–water partition coefficient (Wildman–Crippen LogP) is 1.61. The molecule has 3 rings (SSSR count). The summed E-state index contributed by atoms with van der Waals surface area (Å²) < 4.78 is 1.62. The van der Waals surface area contributed by atoms with Crippen molar-refractivity contribution in [3.8, 4) is 0 Å². The third kappa shape index (κ3) is 1.21. The molecule has 1 fully saturated rings. The number of carbonyl (C=O) groups is 1. The SMILES string of the molecule is Cc1nccn2nc(C3CC3)c(C(=O)O)c12. The Morgan fingerprint density at radius 3 is 2.94 bits per heavy atom. The molecular formula is C11H11N3O2. The molecule has 1 saturated carbocycles. The van der Waals surface area contributed by atoms with E-state index in [0.717, 1.165) is 12.8 Å². The van der Waals surface area contributed by atoms with Crippen LogP contribution in [0.15, 0.2) is 12.4 Å². The van der Waals surface area contributed by atoms with Gasteiger partial charge in [0.05, 0.1) is 11.4 Å². The van der Waals surface area contributed by atoms with Crippen molar-refractivity contribution in [1.29, 1.82) is 0 Å². The molecule has 82 valence electrons. The Bertz CT molecular complexity index is 584. The van der Waals surface area contributed by atoms with Gasteiger partial charge in [0, 0.05) is 18.3 Å². The van der Waals surface area contributed by atoms with Gasteiger partial charge in [-0.25, -0.2) is 9.31 Å². The van der Waals surface area contributed by atoms with Crippen molar-refractivity contribution in [3.05, 3.63) is 29.3 Å². The van der Waals surface area contributed by atoms with Crippen LogP contribution in [-0.4, -0.2) is 25.7 Å². The van der Waals surface area contributed by atoms with E-state index < -0.39 is 5.97 Å². The van der Waals surface area contributed by atoms with Crippen LogP contribution in [0.3, 0.4) is 0 Å². The van der Waals surface area contributed by atoms with Gasteiger partial charge in [0.2, 0.25) is 0 Å². The van der Waals surface area contributed by atoms with Crippen molar-refractivity contribution >= 4 is 11.5 Å². The van der Waals surface area contributed by atoms with Crippen molar-refractivity contribution in [2.24, 2.45) is 0 Å². The van der Waals surface area contributed by atoms with Crippen molar-refractivity contribution in [2.45, 2.75) is 25.7 Å². The van der Waals surface area contributed by atoms with E-state index >= 15 is 0 Å². The van der Waals surface area contributed by atoms with Crippen molar-refractivity contribution in [3.63, 3.8) is 0 Å². The molecule has 5 nitrogen and oxygen atoms in total. The van der Waals surface area contributed by atoms with Crippen LogP contribution >= 0.6 is 0 Å². The molecule has 0 saturated heterocycles. The summed E-state index contributed by atoms with van der Waals surface area (Å²) in [6, 6.07) is 0. The van der Waals surface area contributed by atoms with Crippen LogP contribution in [0.1, 0.15) is 40.5 Å². The predicted molar refractivity (Wildman–Crippen MR) is 56.7 cm³/mol. The van der Waals surface area contributed by atoms with E-state index in [1.807, 2.05) is 0 Å². The number of carboxylic acid groups (broad SMARTS) is 1. The molecule has 2 aromatic rings. The Balaban J connectivity index is 2.38. The van der Waals surface area contributed by atoms with Crippen LogP contribution in [0.2, 0.25) is 0 Å². The first-order valence-electron chi connectivity index (χ1n) is 5.25. The Morgan fingerprint density at radius 2 is 2.31 bits per heavy atom. The molecule has 1 aliphatic carbocycles. The quantitative estimate of drug-likeness (QED) is 0.829. The highest BCUT2D eigenvalue weighted by atomic mass is 16.4. The summed E-state index contributed by atoms with van der Waals surface area (Å²) in [6.07, 6.45) is 5.41. The zero-order valence-corrected chi connectivity index (χ0v) is 8.84. The maximum atomic E-state index is 11.3. The maximum absolute atomic E-state index is 11.3. The van der Waals surface area contributed by atoms with Gasteiger partial charge < -0.3 is 5.11 Å². The molecule has 0 spiro atoms. The average molecular weight is 217 g/mol. The van der Waals surface area contributed by atoms with Crippen LogP contribution in [-0.2, 0) is 0 Å². The third-order valence-corrected chi connectivity index (χ3v) is 2.93. The maximum Gasteiger partial charge on any atom is 0.339 e. The Hall–Kier alpha value is -1.91. The molecule has 1 aliphatic rings. The summed E-state index contributed by atoms with van der Waals surface area (Å²) in [5.41, 5.74) is 2.37. The van der Waals surface area contributed by atoms with Gasteiger partial charge in [-0.2, -0.15) is 5.10 Å². The van der Waals surface area contributed by atoms with Crippen molar-refractivity contribution < 1.29 is 9.90 Å². The minimum atomic E-state index is -0.909. The zero-order chi connectivity index (χ0) is 11.3. The second-order valence-electron chi connectivity index (χ2n) is 4.15. The van der Waals surface area contributed by atoms with E-state index in [4.69, 9.17) is 0 Å².